The van der Waals surface area contributed by atoms with E-state index < -0.39 is 5.25 Å². The maximum atomic E-state index is 12.4. The Bertz CT molecular complexity index is 1050. The van der Waals surface area contributed by atoms with Crippen LogP contribution in [0.3, 0.4) is 0 Å². The number of nitrogens with one attached hydrogen (secondary N) is 1. The Morgan fingerprint density at radius 1 is 1.44 bits per heavy atom. The Hall–Kier alpha value is -2.63. The van der Waals surface area contributed by atoms with Gasteiger partial charge in [0, 0.05) is 12.7 Å². The van der Waals surface area contributed by atoms with E-state index in [1.165, 1.54) is 27.7 Å². The lowest BCUT2D eigenvalue weighted by Gasteiger charge is -2.13. The molecular formula is C17H14N4O2S2. The summed E-state index contributed by atoms with van der Waals surface area (Å²) in [5.74, 6) is -0.222. The van der Waals surface area contributed by atoms with Gasteiger partial charge in [-0.1, -0.05) is 17.8 Å². The standard InChI is InChI=1S/C17H14N4O2S2/c1-10(15(22)19-12-5-3-4-11(8-12)9-18)25-17-20-13-6-7-24-14(13)16(23)21(17)2/h3-8,10H,1-2H3,(H,19,22). The highest BCUT2D eigenvalue weighted by Gasteiger charge is 2.19. The first-order chi connectivity index (χ1) is 12.0. The van der Waals surface area contributed by atoms with Gasteiger partial charge < -0.3 is 5.32 Å². The van der Waals surface area contributed by atoms with Gasteiger partial charge in [0.15, 0.2) is 5.16 Å². The number of fused-ring (bicyclic) bond motifs is 1. The fraction of sp³-hybridized carbons (Fsp3) is 0.176. The maximum Gasteiger partial charge on any atom is 0.271 e. The minimum Gasteiger partial charge on any atom is -0.325 e. The van der Waals surface area contributed by atoms with Gasteiger partial charge in [0.25, 0.3) is 5.56 Å². The van der Waals surface area contributed by atoms with Crippen molar-refractivity contribution in [2.24, 2.45) is 7.05 Å². The summed E-state index contributed by atoms with van der Waals surface area (Å²) in [6.07, 6.45) is 0. The number of nitrogens with zero attached hydrogens (tertiary/aromatic N) is 3. The molecule has 1 aromatic carbocycles. The molecule has 3 rings (SSSR count). The van der Waals surface area contributed by atoms with Crippen molar-refractivity contribution in [3.63, 3.8) is 0 Å². The molecule has 1 atom stereocenters. The van der Waals surface area contributed by atoms with Crippen LogP contribution in [0.4, 0.5) is 5.69 Å². The summed E-state index contributed by atoms with van der Waals surface area (Å²) in [6.45, 7) is 1.75. The largest absolute Gasteiger partial charge is 0.325 e. The van der Waals surface area contributed by atoms with Crippen LogP contribution in [0.1, 0.15) is 12.5 Å². The van der Waals surface area contributed by atoms with Gasteiger partial charge in [-0.3, -0.25) is 14.2 Å². The summed E-state index contributed by atoms with van der Waals surface area (Å²) in [5, 5.41) is 13.6. The minimum absolute atomic E-state index is 0.114. The van der Waals surface area contributed by atoms with Crippen LogP contribution in [0.2, 0.25) is 0 Å². The quantitative estimate of drug-likeness (QED) is 0.563. The van der Waals surface area contributed by atoms with Crippen LogP contribution in [0.25, 0.3) is 10.2 Å². The van der Waals surface area contributed by atoms with Gasteiger partial charge in [-0.25, -0.2) is 4.98 Å². The molecule has 1 N–H and O–H groups in total. The number of thiophene rings is 1. The van der Waals surface area contributed by atoms with Crippen LogP contribution < -0.4 is 10.9 Å². The second-order valence-corrected chi connectivity index (χ2v) is 7.56. The van der Waals surface area contributed by atoms with Crippen molar-refractivity contribution in [3.05, 3.63) is 51.6 Å². The molecule has 0 aliphatic carbocycles. The molecule has 1 unspecified atom stereocenters. The van der Waals surface area contributed by atoms with E-state index in [1.54, 1.807) is 44.3 Å². The van der Waals surface area contributed by atoms with Crippen molar-refractivity contribution in [2.45, 2.75) is 17.3 Å². The van der Waals surface area contributed by atoms with E-state index in [9.17, 15) is 9.59 Å². The average molecular weight is 370 g/mol. The number of anilines is 1. The zero-order valence-corrected chi connectivity index (χ0v) is 15.1. The number of hydrogen-bond donors (Lipinski definition) is 1. The highest BCUT2D eigenvalue weighted by Crippen LogP contribution is 2.24. The maximum absolute atomic E-state index is 12.4. The van der Waals surface area contributed by atoms with E-state index >= 15 is 0 Å². The first kappa shape index (κ1) is 17.2. The molecule has 2 heterocycles. The fourth-order valence-electron chi connectivity index (χ4n) is 2.20. The van der Waals surface area contributed by atoms with Crippen molar-refractivity contribution < 1.29 is 4.79 Å². The molecule has 0 radical (unpaired) electrons. The Kier molecular flexibility index (Phi) is 4.88. The fourth-order valence-corrected chi connectivity index (χ4v) is 3.87. The molecule has 0 saturated heterocycles. The van der Waals surface area contributed by atoms with Gasteiger partial charge in [-0.15, -0.1) is 11.3 Å². The number of amides is 1. The van der Waals surface area contributed by atoms with E-state index in [-0.39, 0.29) is 11.5 Å². The number of hydrogen-bond acceptors (Lipinski definition) is 6. The summed E-state index contributed by atoms with van der Waals surface area (Å²) in [7, 11) is 1.65. The lowest BCUT2D eigenvalue weighted by Crippen LogP contribution is -2.25. The van der Waals surface area contributed by atoms with Crippen molar-refractivity contribution >= 4 is 44.9 Å². The van der Waals surface area contributed by atoms with E-state index in [2.05, 4.69) is 10.3 Å². The number of aromatic nitrogens is 2. The number of rotatable bonds is 4. The van der Waals surface area contributed by atoms with E-state index in [0.29, 0.717) is 26.6 Å². The monoisotopic (exact) mass is 370 g/mol. The third-order valence-corrected chi connectivity index (χ3v) is 5.59. The van der Waals surface area contributed by atoms with Crippen LogP contribution >= 0.6 is 23.1 Å². The summed E-state index contributed by atoms with van der Waals surface area (Å²) < 4.78 is 2.07. The number of carbonyl (C=O) groups excluding carboxylic acids is 1. The molecule has 8 heteroatoms. The molecule has 126 valence electrons. The van der Waals surface area contributed by atoms with Gasteiger partial charge in [0.2, 0.25) is 5.91 Å². The predicted octanol–water partition coefficient (Wildman–Crippen LogP) is 2.99. The van der Waals surface area contributed by atoms with Crippen LogP contribution in [0.15, 0.2) is 45.7 Å². The highest BCUT2D eigenvalue weighted by molar-refractivity contribution is 8.00. The minimum atomic E-state index is -0.458. The van der Waals surface area contributed by atoms with Gasteiger partial charge >= 0.3 is 0 Å². The zero-order chi connectivity index (χ0) is 18.0. The number of thioether (sulfide) groups is 1. The summed E-state index contributed by atoms with van der Waals surface area (Å²) >= 11 is 2.58. The van der Waals surface area contributed by atoms with Gasteiger partial charge in [0.05, 0.1) is 22.4 Å². The van der Waals surface area contributed by atoms with E-state index in [0.717, 1.165) is 0 Å². The van der Waals surface area contributed by atoms with Crippen LogP contribution in [0, 0.1) is 11.3 Å². The average Bonchev–Trinajstić information content (AvgIpc) is 3.08. The third kappa shape index (κ3) is 3.57. The second kappa shape index (κ2) is 7.09. The smallest absolute Gasteiger partial charge is 0.271 e. The highest BCUT2D eigenvalue weighted by atomic mass is 32.2. The Balaban J connectivity index is 1.78. The van der Waals surface area contributed by atoms with Crippen molar-refractivity contribution in [3.8, 4) is 6.07 Å². The van der Waals surface area contributed by atoms with Crippen molar-refractivity contribution in [1.29, 1.82) is 5.26 Å². The molecule has 6 nitrogen and oxygen atoms in total. The molecule has 2 aromatic heterocycles. The number of benzene rings is 1. The molecule has 25 heavy (non-hydrogen) atoms. The van der Waals surface area contributed by atoms with Gasteiger partial charge in [0.1, 0.15) is 4.70 Å². The summed E-state index contributed by atoms with van der Waals surface area (Å²) in [4.78, 5) is 29.2. The molecule has 1 amide bonds. The Morgan fingerprint density at radius 2 is 2.24 bits per heavy atom. The zero-order valence-electron chi connectivity index (χ0n) is 13.5. The molecule has 0 bridgehead atoms. The van der Waals surface area contributed by atoms with Crippen LogP contribution in [-0.2, 0) is 11.8 Å². The second-order valence-electron chi connectivity index (χ2n) is 5.34. The first-order valence-corrected chi connectivity index (χ1v) is 9.17. The summed E-state index contributed by atoms with van der Waals surface area (Å²) in [6, 6.07) is 10.5. The topological polar surface area (TPSA) is 87.8 Å². The predicted molar refractivity (Wildman–Crippen MR) is 100.0 cm³/mol. The lowest BCUT2D eigenvalue weighted by atomic mass is 10.2. The SMILES string of the molecule is CC(Sc1nc2ccsc2c(=O)n1C)C(=O)Nc1cccc(C#N)c1. The molecule has 0 aliphatic heterocycles. The summed E-state index contributed by atoms with van der Waals surface area (Å²) in [5.41, 5.74) is 1.57. The normalized spacial score (nSPS) is 11.9. The Morgan fingerprint density at radius 3 is 3.00 bits per heavy atom. The number of nitriles is 1. The van der Waals surface area contributed by atoms with Crippen LogP contribution in [-0.4, -0.2) is 20.7 Å². The molecule has 0 fully saturated rings. The van der Waals surface area contributed by atoms with E-state index in [4.69, 9.17) is 5.26 Å². The molecule has 0 aliphatic rings. The van der Waals surface area contributed by atoms with Gasteiger partial charge in [-0.05, 0) is 36.6 Å². The molecule has 0 saturated carbocycles. The third-order valence-electron chi connectivity index (χ3n) is 3.56. The van der Waals surface area contributed by atoms with Gasteiger partial charge in [-0.2, -0.15) is 5.26 Å². The molecular weight excluding hydrogens is 356 g/mol. The van der Waals surface area contributed by atoms with E-state index in [1.807, 2.05) is 11.4 Å². The lowest BCUT2D eigenvalue weighted by molar-refractivity contribution is -0.115. The van der Waals surface area contributed by atoms with Crippen molar-refractivity contribution in [2.75, 3.05) is 5.32 Å². The Labute approximate surface area is 152 Å². The first-order valence-electron chi connectivity index (χ1n) is 7.41. The molecule has 3 aromatic rings. The van der Waals surface area contributed by atoms with Crippen molar-refractivity contribution in [1.82, 2.24) is 9.55 Å². The molecule has 0 spiro atoms. The number of carbonyl (C=O) groups is 1. The van der Waals surface area contributed by atoms with Crippen LogP contribution in [0.5, 0.6) is 0 Å².